The number of nitrogens with one attached hydrogen (secondary N) is 1. The van der Waals surface area contributed by atoms with Gasteiger partial charge in [-0.3, -0.25) is 38.7 Å². The number of likely N-dealkylation sites (N-methyl/N-ethyl adjacent to an activating group) is 1. The number of halogens is 1. The Hall–Kier alpha value is -3.70. The minimum absolute atomic E-state index is 0.0108. The number of rotatable bonds is 9. The number of hydrogen-bond donors (Lipinski definition) is 1. The molecule has 3 unspecified atom stereocenters. The second-order valence-electron chi connectivity index (χ2n) is 13.4. The zero-order chi connectivity index (χ0) is 35.5. The number of benzene rings is 1. The number of likely N-dealkylation sites (tertiary alicyclic amines) is 2. The first-order valence-electron chi connectivity index (χ1n) is 16.8. The van der Waals surface area contributed by atoms with E-state index in [1.807, 2.05) is 7.05 Å². The second kappa shape index (κ2) is 13.5. The second-order valence-corrected chi connectivity index (χ2v) is 16.8. The summed E-state index contributed by atoms with van der Waals surface area (Å²) in [4.78, 5) is 79.9. The lowest BCUT2D eigenvalue weighted by molar-refractivity contribution is -0.140. The van der Waals surface area contributed by atoms with Gasteiger partial charge < -0.3 is 9.88 Å². The predicted molar refractivity (Wildman–Crippen MR) is 184 cm³/mol. The predicted octanol–water partition coefficient (Wildman–Crippen LogP) is 2.79. The lowest BCUT2D eigenvalue weighted by Gasteiger charge is -2.46. The smallest absolute Gasteiger partial charge is 0.283 e. The number of sulfonamides is 1. The Morgan fingerprint density at radius 3 is 2.08 bits per heavy atom. The van der Waals surface area contributed by atoms with Gasteiger partial charge >= 0.3 is 0 Å². The van der Waals surface area contributed by atoms with Gasteiger partial charge in [-0.2, -0.15) is 4.31 Å². The molecule has 4 aliphatic rings. The van der Waals surface area contributed by atoms with Crippen molar-refractivity contribution in [2.45, 2.75) is 75.0 Å². The molecule has 0 spiro atoms. The van der Waals surface area contributed by atoms with Gasteiger partial charge in [0.1, 0.15) is 5.03 Å². The number of nitrogens with zero attached hydrogens (tertiary/aromatic N) is 6. The largest absolute Gasteiger partial charge is 0.345 e. The standard InChI is InChI=1S/C33H38ClN7O7S2/c1-19-31-25(11-12-37(19)2)36-32(49-31)33(46)41-22(9-13-39-27(42)5-6-28(39)43)17-38(18-23(41)10-14-40-29(44)7-8-30(40)45)50(47,48)26-16-20-15-21(34)3-4-24(20)35-26/h3-4,15-16,19,22-23,35H,5-14,17-18H2,1-2H3. The summed E-state index contributed by atoms with van der Waals surface area (Å²) in [6.07, 6.45) is 1.36. The molecular weight excluding hydrogens is 706 g/mol. The van der Waals surface area contributed by atoms with Crippen molar-refractivity contribution in [2.75, 3.05) is 39.8 Å². The zero-order valence-corrected chi connectivity index (χ0v) is 30.2. The highest BCUT2D eigenvalue weighted by atomic mass is 35.5. The van der Waals surface area contributed by atoms with Crippen molar-refractivity contribution in [1.82, 2.24) is 33.9 Å². The SMILES string of the molecule is CC1c2sc(C(=O)N3C(CCN4C(=O)CCC4=O)CN(S(=O)(=O)c4cc5cc(Cl)ccc5[nH]4)CC3CCN3C(=O)CCC3=O)nc2CCN1C. The molecule has 17 heteroatoms. The lowest BCUT2D eigenvalue weighted by atomic mass is 10.0. The number of fused-ring (bicyclic) bond motifs is 2. The van der Waals surface area contributed by atoms with Crippen LogP contribution in [0.5, 0.6) is 0 Å². The molecule has 5 amide bonds. The minimum atomic E-state index is -4.17. The normalized spacial score (nSPS) is 23.9. The number of aromatic amines is 1. The van der Waals surface area contributed by atoms with E-state index >= 15 is 0 Å². The van der Waals surface area contributed by atoms with Crippen LogP contribution in [0, 0.1) is 0 Å². The summed E-state index contributed by atoms with van der Waals surface area (Å²) in [5.74, 6) is -1.61. The summed E-state index contributed by atoms with van der Waals surface area (Å²) in [6.45, 7) is 2.66. The molecule has 7 rings (SSSR count). The van der Waals surface area contributed by atoms with Crippen LogP contribution in [-0.4, -0.2) is 124 Å². The van der Waals surface area contributed by atoms with E-state index in [0.717, 1.165) is 17.1 Å². The molecule has 2 aromatic heterocycles. The van der Waals surface area contributed by atoms with E-state index in [0.29, 0.717) is 22.3 Å². The maximum atomic E-state index is 14.6. The van der Waals surface area contributed by atoms with Gasteiger partial charge in [0, 0.05) is 104 Å². The van der Waals surface area contributed by atoms with Crippen molar-refractivity contribution in [3.05, 3.63) is 44.9 Å². The highest BCUT2D eigenvalue weighted by Gasteiger charge is 2.45. The quantitative estimate of drug-likeness (QED) is 0.325. The third-order valence-corrected chi connectivity index (χ3v) is 13.6. The Kier molecular flexibility index (Phi) is 9.34. The van der Waals surface area contributed by atoms with Crippen LogP contribution in [0.3, 0.4) is 0 Å². The highest BCUT2D eigenvalue weighted by molar-refractivity contribution is 7.89. The molecule has 3 fully saturated rings. The fraction of sp³-hybridized carbons (Fsp3) is 0.515. The Balaban J connectivity index is 1.26. The molecule has 3 atom stereocenters. The fourth-order valence-electron chi connectivity index (χ4n) is 7.41. The number of hydrogen-bond acceptors (Lipinski definition) is 10. The van der Waals surface area contributed by atoms with Crippen molar-refractivity contribution < 1.29 is 32.4 Å². The lowest BCUT2D eigenvalue weighted by Crippen LogP contribution is -2.62. The molecule has 4 aliphatic heterocycles. The molecule has 1 N–H and O–H groups in total. The first-order valence-corrected chi connectivity index (χ1v) is 19.4. The third-order valence-electron chi connectivity index (χ3n) is 10.4. The number of H-pyrrole nitrogens is 1. The van der Waals surface area contributed by atoms with Crippen molar-refractivity contribution >= 4 is 73.4 Å². The fourth-order valence-corrected chi connectivity index (χ4v) is 10.3. The maximum Gasteiger partial charge on any atom is 0.283 e. The number of amides is 5. The number of aromatic nitrogens is 2. The third kappa shape index (κ3) is 6.36. The molecule has 0 saturated carbocycles. The highest BCUT2D eigenvalue weighted by Crippen LogP contribution is 2.36. The topological polar surface area (TPSA) is 164 Å². The van der Waals surface area contributed by atoms with Gasteiger partial charge in [0.2, 0.25) is 23.6 Å². The minimum Gasteiger partial charge on any atom is -0.345 e. The van der Waals surface area contributed by atoms with Crippen molar-refractivity contribution in [3.8, 4) is 0 Å². The first-order chi connectivity index (χ1) is 23.8. The average Bonchev–Trinajstić information content (AvgIpc) is 3.86. The Bertz CT molecular complexity index is 1930. The van der Waals surface area contributed by atoms with Crippen LogP contribution in [0.15, 0.2) is 29.3 Å². The maximum absolute atomic E-state index is 14.6. The molecule has 6 heterocycles. The molecule has 0 aliphatic carbocycles. The number of carbonyl (C=O) groups is 5. The van der Waals surface area contributed by atoms with E-state index in [4.69, 9.17) is 16.6 Å². The van der Waals surface area contributed by atoms with Crippen LogP contribution in [-0.2, 0) is 35.6 Å². The summed E-state index contributed by atoms with van der Waals surface area (Å²) in [5, 5.41) is 1.29. The molecule has 0 radical (unpaired) electrons. The monoisotopic (exact) mass is 743 g/mol. The molecule has 1 aromatic carbocycles. The van der Waals surface area contributed by atoms with Gasteiger partial charge in [-0.05, 0) is 51.1 Å². The van der Waals surface area contributed by atoms with Crippen LogP contribution in [0.25, 0.3) is 10.9 Å². The van der Waals surface area contributed by atoms with Crippen LogP contribution in [0.4, 0.5) is 0 Å². The number of carbonyl (C=O) groups excluding carboxylic acids is 5. The van der Waals surface area contributed by atoms with E-state index in [1.165, 1.54) is 31.5 Å². The summed E-state index contributed by atoms with van der Waals surface area (Å²) in [7, 11) is -2.15. The van der Waals surface area contributed by atoms with E-state index in [9.17, 15) is 32.4 Å². The Morgan fingerprint density at radius 1 is 0.920 bits per heavy atom. The van der Waals surface area contributed by atoms with Gasteiger partial charge in [0.15, 0.2) is 5.01 Å². The molecule has 3 saturated heterocycles. The first kappa shape index (κ1) is 34.7. The van der Waals surface area contributed by atoms with Gasteiger partial charge in [0.25, 0.3) is 15.9 Å². The summed E-state index contributed by atoms with van der Waals surface area (Å²) in [6, 6.07) is 5.07. The molecular formula is C33H38ClN7O7S2. The van der Waals surface area contributed by atoms with E-state index < -0.39 is 22.1 Å². The number of imide groups is 2. The van der Waals surface area contributed by atoms with E-state index in [1.54, 1.807) is 23.1 Å². The Labute approximate surface area is 298 Å². The van der Waals surface area contributed by atoms with E-state index in [-0.39, 0.29) is 110 Å². The van der Waals surface area contributed by atoms with Crippen molar-refractivity contribution in [2.24, 2.45) is 0 Å². The molecule has 266 valence electrons. The Morgan fingerprint density at radius 2 is 1.50 bits per heavy atom. The van der Waals surface area contributed by atoms with Gasteiger partial charge in [-0.1, -0.05) is 11.6 Å². The van der Waals surface area contributed by atoms with Crippen LogP contribution < -0.4 is 0 Å². The van der Waals surface area contributed by atoms with Gasteiger partial charge in [-0.15, -0.1) is 11.3 Å². The van der Waals surface area contributed by atoms with Crippen molar-refractivity contribution in [1.29, 1.82) is 0 Å². The molecule has 50 heavy (non-hydrogen) atoms. The summed E-state index contributed by atoms with van der Waals surface area (Å²) < 4.78 is 29.9. The van der Waals surface area contributed by atoms with Gasteiger partial charge in [-0.25, -0.2) is 13.4 Å². The van der Waals surface area contributed by atoms with Crippen LogP contribution >= 0.6 is 22.9 Å². The number of piperazine rings is 1. The number of thiazole rings is 1. The molecule has 3 aromatic rings. The summed E-state index contributed by atoms with van der Waals surface area (Å²) in [5.41, 5.74) is 1.44. The molecule has 14 nitrogen and oxygen atoms in total. The summed E-state index contributed by atoms with van der Waals surface area (Å²) >= 11 is 7.49. The zero-order valence-electron chi connectivity index (χ0n) is 27.8. The average molecular weight is 744 g/mol. The molecule has 0 bridgehead atoms. The van der Waals surface area contributed by atoms with Crippen molar-refractivity contribution in [3.63, 3.8) is 0 Å². The van der Waals surface area contributed by atoms with Crippen LogP contribution in [0.1, 0.15) is 71.9 Å². The van der Waals surface area contributed by atoms with E-state index in [2.05, 4.69) is 16.8 Å². The van der Waals surface area contributed by atoms with Crippen LogP contribution in [0.2, 0.25) is 5.02 Å². The van der Waals surface area contributed by atoms with Gasteiger partial charge in [0.05, 0.1) is 5.69 Å².